The molecule has 0 saturated heterocycles. The number of hydrogen-bond acceptors (Lipinski definition) is 2. The molecule has 1 rings (SSSR count). The number of halogens is 5. The zero-order valence-corrected chi connectivity index (χ0v) is 13.9. The summed E-state index contributed by atoms with van der Waals surface area (Å²) in [6, 6.07) is 6.99. The summed E-state index contributed by atoms with van der Waals surface area (Å²) in [4.78, 5) is 10.5. The third kappa shape index (κ3) is 6.75. The van der Waals surface area contributed by atoms with Crippen LogP contribution < -0.4 is 29.3 Å². The van der Waals surface area contributed by atoms with Crippen molar-refractivity contribution in [2.24, 2.45) is 0 Å². The highest BCUT2D eigenvalue weighted by Crippen LogP contribution is 2.19. The monoisotopic (exact) mass is 500 g/mol. The topological polar surface area (TPSA) is 49.3 Å². The summed E-state index contributed by atoms with van der Waals surface area (Å²) in [6.45, 7) is -0.231. The number of alkyl halides is 3. The molecular weight excluding hydrogens is 489 g/mol. The van der Waals surface area contributed by atoms with Crippen LogP contribution in [0.3, 0.4) is 0 Å². The molecule has 0 bridgehead atoms. The van der Waals surface area contributed by atoms with Crippen LogP contribution in [0.15, 0.2) is 24.3 Å². The van der Waals surface area contributed by atoms with E-state index in [0.717, 1.165) is 3.57 Å². The Balaban J connectivity index is 0.00000324. The lowest BCUT2D eigenvalue weighted by Crippen LogP contribution is -3.00. The summed E-state index contributed by atoms with van der Waals surface area (Å²) >= 11 is 2.07. The van der Waals surface area contributed by atoms with E-state index in [0.29, 0.717) is 5.56 Å². The molecule has 3 nitrogen and oxygen atoms in total. The molecule has 0 aliphatic carbocycles. The molecule has 0 aliphatic heterocycles. The molecule has 0 heterocycles. The smallest absolute Gasteiger partial charge is 0.471 e. The maximum Gasteiger partial charge on any atom is 0.471 e. The van der Waals surface area contributed by atoms with Gasteiger partial charge in [0.25, 0.3) is 0 Å². The fraction of sp³-hybridized carbons (Fsp3) is 0.364. The Morgan fingerprint density at radius 3 is 2.58 bits per heavy atom. The van der Waals surface area contributed by atoms with E-state index in [1.54, 1.807) is 23.5 Å². The van der Waals surface area contributed by atoms with E-state index < -0.39 is 18.2 Å². The molecule has 1 aromatic rings. The maximum atomic E-state index is 11.9. The molecule has 2 N–H and O–H groups in total. The minimum absolute atomic E-state index is 0. The molecule has 19 heavy (non-hydrogen) atoms. The van der Waals surface area contributed by atoms with Crippen LogP contribution in [0.5, 0.6) is 0 Å². The van der Waals surface area contributed by atoms with Crippen molar-refractivity contribution in [2.75, 3.05) is 6.54 Å². The van der Waals surface area contributed by atoms with Gasteiger partial charge in [0.15, 0.2) is 0 Å². The van der Waals surface area contributed by atoms with Gasteiger partial charge in [-0.25, -0.2) is 0 Å². The molecule has 1 aromatic carbocycles. The molecule has 0 aromatic heterocycles. The van der Waals surface area contributed by atoms with Crippen molar-refractivity contribution in [1.82, 2.24) is 5.32 Å². The normalized spacial score (nSPS) is 12.5. The van der Waals surface area contributed by atoms with Crippen molar-refractivity contribution in [3.05, 3.63) is 33.4 Å². The molecule has 1 amide bonds. The number of rotatable bonds is 4. The van der Waals surface area contributed by atoms with Gasteiger partial charge < -0.3 is 34.4 Å². The standard InChI is InChI=1S/C11H11F3INO2.HI/c12-11(13,14)10(18)16-5-4-9(17)7-2-1-3-8(15)6-7;/h1-3,6,9,17H,4-5H2,(H,16,18);1H/p-1. The van der Waals surface area contributed by atoms with Crippen molar-refractivity contribution < 1.29 is 47.0 Å². The zero-order valence-electron chi connectivity index (χ0n) is 9.55. The quantitative estimate of drug-likeness (QED) is 0.544. The first kappa shape index (κ1) is 18.9. The lowest BCUT2D eigenvalue weighted by molar-refractivity contribution is -0.173. The van der Waals surface area contributed by atoms with Gasteiger partial charge in [-0.05, 0) is 46.7 Å². The molecule has 1 unspecified atom stereocenters. The van der Waals surface area contributed by atoms with E-state index >= 15 is 0 Å². The van der Waals surface area contributed by atoms with E-state index in [1.807, 2.05) is 6.07 Å². The highest BCUT2D eigenvalue weighted by atomic mass is 127. The van der Waals surface area contributed by atoms with Gasteiger partial charge in [0.1, 0.15) is 0 Å². The summed E-state index contributed by atoms with van der Waals surface area (Å²) in [7, 11) is 0. The Morgan fingerprint density at radius 1 is 1.42 bits per heavy atom. The molecule has 0 radical (unpaired) electrons. The predicted molar refractivity (Wildman–Crippen MR) is 67.8 cm³/mol. The van der Waals surface area contributed by atoms with E-state index in [4.69, 9.17) is 0 Å². The number of aliphatic hydroxyl groups is 1. The molecule has 0 fully saturated rings. The van der Waals surface area contributed by atoms with Crippen LogP contribution in [0.25, 0.3) is 0 Å². The zero-order chi connectivity index (χ0) is 13.8. The largest absolute Gasteiger partial charge is 1.00 e. The Labute approximate surface area is 139 Å². The second kappa shape index (κ2) is 8.25. The summed E-state index contributed by atoms with van der Waals surface area (Å²) < 4.78 is 36.5. The average Bonchev–Trinajstić information content (AvgIpc) is 2.27. The highest BCUT2D eigenvalue weighted by molar-refractivity contribution is 14.1. The SMILES string of the molecule is O=C(NCCC(O)c1cccc(I)c1)C(F)(F)F.[I-]. The van der Waals surface area contributed by atoms with Crippen molar-refractivity contribution in [1.29, 1.82) is 0 Å². The third-order valence-electron chi connectivity index (χ3n) is 2.19. The van der Waals surface area contributed by atoms with Gasteiger partial charge in [-0.15, -0.1) is 0 Å². The van der Waals surface area contributed by atoms with E-state index in [9.17, 15) is 23.1 Å². The van der Waals surface area contributed by atoms with Gasteiger partial charge in [0.2, 0.25) is 0 Å². The number of carbonyl (C=O) groups excluding carboxylic acids is 1. The van der Waals surface area contributed by atoms with Gasteiger partial charge in [-0.2, -0.15) is 13.2 Å². The van der Waals surface area contributed by atoms with Crippen LogP contribution in [0, 0.1) is 3.57 Å². The highest BCUT2D eigenvalue weighted by Gasteiger charge is 2.38. The second-order valence-electron chi connectivity index (χ2n) is 3.61. The number of amides is 1. The fourth-order valence-electron chi connectivity index (χ4n) is 1.30. The van der Waals surface area contributed by atoms with Gasteiger partial charge in [-0.1, -0.05) is 12.1 Å². The van der Waals surface area contributed by atoms with Crippen LogP contribution in [-0.2, 0) is 4.79 Å². The fourth-order valence-corrected chi connectivity index (χ4v) is 1.87. The van der Waals surface area contributed by atoms with E-state index in [1.165, 1.54) is 0 Å². The third-order valence-corrected chi connectivity index (χ3v) is 2.87. The number of aliphatic hydroxyl groups excluding tert-OH is 1. The lowest BCUT2D eigenvalue weighted by Gasteiger charge is -2.12. The van der Waals surface area contributed by atoms with Crippen LogP contribution >= 0.6 is 22.6 Å². The number of benzene rings is 1. The summed E-state index contributed by atoms with van der Waals surface area (Å²) in [6.07, 6.45) is -5.75. The average molecular weight is 500 g/mol. The maximum absolute atomic E-state index is 11.9. The van der Waals surface area contributed by atoms with Crippen LogP contribution in [0.1, 0.15) is 18.1 Å². The predicted octanol–water partition coefficient (Wildman–Crippen LogP) is -0.603. The molecule has 1 atom stereocenters. The van der Waals surface area contributed by atoms with Crippen molar-refractivity contribution in [3.63, 3.8) is 0 Å². The minimum Gasteiger partial charge on any atom is -1.00 e. The Hall–Kier alpha value is -0.100. The molecule has 108 valence electrons. The first-order valence-electron chi connectivity index (χ1n) is 5.09. The van der Waals surface area contributed by atoms with E-state index in [2.05, 4.69) is 22.6 Å². The van der Waals surface area contributed by atoms with Gasteiger partial charge >= 0.3 is 12.1 Å². The first-order valence-corrected chi connectivity index (χ1v) is 6.17. The van der Waals surface area contributed by atoms with Crippen LogP contribution in [0.2, 0.25) is 0 Å². The summed E-state index contributed by atoms with van der Waals surface area (Å²) in [5.41, 5.74) is 0.614. The lowest BCUT2D eigenvalue weighted by atomic mass is 10.1. The van der Waals surface area contributed by atoms with Gasteiger partial charge in [0, 0.05) is 10.1 Å². The van der Waals surface area contributed by atoms with Crippen molar-refractivity contribution in [3.8, 4) is 0 Å². The molecule has 0 spiro atoms. The second-order valence-corrected chi connectivity index (χ2v) is 4.86. The number of carbonyl (C=O) groups is 1. The van der Waals surface area contributed by atoms with Crippen LogP contribution in [-0.4, -0.2) is 23.7 Å². The van der Waals surface area contributed by atoms with Crippen LogP contribution in [0.4, 0.5) is 13.2 Å². The Kier molecular flexibility index (Phi) is 8.20. The van der Waals surface area contributed by atoms with Crippen molar-refractivity contribution >= 4 is 28.5 Å². The number of hydrogen-bond donors (Lipinski definition) is 2. The number of nitrogens with one attached hydrogen (secondary N) is 1. The molecule has 0 aliphatic rings. The minimum atomic E-state index is -4.88. The summed E-state index contributed by atoms with van der Waals surface area (Å²) in [5, 5.41) is 11.4. The summed E-state index contributed by atoms with van der Waals surface area (Å²) in [5.74, 6) is -1.99. The first-order chi connectivity index (χ1) is 8.30. The molecule has 0 saturated carbocycles. The van der Waals surface area contributed by atoms with E-state index in [-0.39, 0.29) is 36.9 Å². The molecule has 8 heteroatoms. The Bertz CT molecular complexity index is 427. The van der Waals surface area contributed by atoms with Crippen molar-refractivity contribution in [2.45, 2.75) is 18.7 Å². The van der Waals surface area contributed by atoms with Gasteiger partial charge in [0.05, 0.1) is 6.10 Å². The van der Waals surface area contributed by atoms with Gasteiger partial charge in [-0.3, -0.25) is 4.79 Å². The Morgan fingerprint density at radius 2 is 2.05 bits per heavy atom. The molecular formula is C11H11F3I2NO2-.